The summed E-state index contributed by atoms with van der Waals surface area (Å²) in [6.07, 6.45) is 0. The standard InChI is InChI=1S/C14H19BrFN7O3S/c1-8(2)27(17,25)19-6-5-18-13-12(22-26-23-13)14(21-24)20-9-3-4-11(16)10(15)7-9/h3-4,7-8,24H,5-6H2,1-2H3,(H,18,23)(H,20,21)(H2,17,19,25). The zero-order valence-corrected chi connectivity index (χ0v) is 16.9. The second kappa shape index (κ2) is 9.21. The van der Waals surface area contributed by atoms with Gasteiger partial charge in [-0.3, -0.25) is 10.7 Å². The fourth-order valence-corrected chi connectivity index (χ4v) is 2.93. The first-order chi connectivity index (χ1) is 12.7. The van der Waals surface area contributed by atoms with Gasteiger partial charge in [-0.2, -0.15) is 0 Å². The first kappa shape index (κ1) is 21.2. The molecule has 0 amide bonds. The molecule has 2 aromatic rings. The molecule has 148 valence electrons. The number of hydrogen-bond acceptors (Lipinski definition) is 8. The van der Waals surface area contributed by atoms with E-state index in [4.69, 9.17) is 4.78 Å². The molecule has 0 aliphatic carbocycles. The van der Waals surface area contributed by atoms with Crippen LogP contribution >= 0.6 is 15.9 Å². The lowest BCUT2D eigenvalue weighted by atomic mass is 10.3. The molecule has 10 nitrogen and oxygen atoms in total. The third-order valence-corrected chi connectivity index (χ3v) is 5.93. The van der Waals surface area contributed by atoms with Gasteiger partial charge in [-0.05, 0) is 58.3 Å². The minimum absolute atomic E-state index is 0.0725. The molecule has 1 atom stereocenters. The number of nitrogens with one attached hydrogen (secondary N) is 4. The van der Waals surface area contributed by atoms with Crippen LogP contribution in [-0.4, -0.2) is 43.9 Å². The number of benzene rings is 1. The molecular weight excluding hydrogens is 445 g/mol. The van der Waals surface area contributed by atoms with Crippen LogP contribution in [-0.2, 0) is 9.92 Å². The summed E-state index contributed by atoms with van der Waals surface area (Å²) in [5.74, 6) is -0.339. The molecular formula is C14H19BrFN7O3S. The first-order valence-corrected chi connectivity index (χ1v) is 10.2. The zero-order valence-electron chi connectivity index (χ0n) is 14.5. The summed E-state index contributed by atoms with van der Waals surface area (Å²) in [6.45, 7) is 3.89. The molecule has 0 saturated heterocycles. The van der Waals surface area contributed by atoms with Crippen LogP contribution in [0.1, 0.15) is 19.5 Å². The smallest absolute Gasteiger partial charge is 0.202 e. The fraction of sp³-hybridized carbons (Fsp3) is 0.357. The fourth-order valence-electron chi connectivity index (χ4n) is 1.82. The predicted octanol–water partition coefficient (Wildman–Crippen LogP) is 2.40. The maximum atomic E-state index is 13.3. The van der Waals surface area contributed by atoms with Crippen molar-refractivity contribution >= 4 is 43.2 Å². The van der Waals surface area contributed by atoms with Gasteiger partial charge in [0.1, 0.15) is 15.7 Å². The summed E-state index contributed by atoms with van der Waals surface area (Å²) >= 11 is 3.06. The summed E-state index contributed by atoms with van der Waals surface area (Å²) in [7, 11) is -2.88. The van der Waals surface area contributed by atoms with Crippen molar-refractivity contribution in [1.82, 2.24) is 20.5 Å². The second-order valence-electron chi connectivity index (χ2n) is 5.60. The van der Waals surface area contributed by atoms with Gasteiger partial charge in [0.05, 0.1) is 15.4 Å². The molecule has 1 heterocycles. The van der Waals surface area contributed by atoms with Crippen LogP contribution in [0.25, 0.3) is 0 Å². The Morgan fingerprint density at radius 2 is 2.19 bits per heavy atom. The number of hydrogen-bond donors (Lipinski definition) is 5. The summed E-state index contributed by atoms with van der Waals surface area (Å²) < 4.78 is 40.4. The number of anilines is 1. The molecule has 0 fully saturated rings. The number of amidine groups is 1. The summed E-state index contributed by atoms with van der Waals surface area (Å²) in [5.41, 5.74) is 2.34. The molecule has 0 aliphatic rings. The van der Waals surface area contributed by atoms with Crippen LogP contribution in [0.15, 0.2) is 32.3 Å². The molecule has 0 aliphatic heterocycles. The summed E-state index contributed by atoms with van der Waals surface area (Å²) in [4.78, 5) is 4.14. The molecule has 0 bridgehead atoms. The van der Waals surface area contributed by atoms with Crippen molar-refractivity contribution in [2.45, 2.75) is 19.1 Å². The highest BCUT2D eigenvalue weighted by molar-refractivity contribution is 9.10. The number of aromatic nitrogens is 2. The van der Waals surface area contributed by atoms with Crippen LogP contribution in [0.4, 0.5) is 15.9 Å². The van der Waals surface area contributed by atoms with E-state index in [0.717, 1.165) is 0 Å². The summed E-state index contributed by atoms with van der Waals surface area (Å²) in [6, 6.07) is 4.06. The van der Waals surface area contributed by atoms with Gasteiger partial charge in [-0.15, -0.1) is 0 Å². The van der Waals surface area contributed by atoms with Gasteiger partial charge in [0.15, 0.2) is 11.5 Å². The van der Waals surface area contributed by atoms with Crippen LogP contribution in [0, 0.1) is 10.6 Å². The van der Waals surface area contributed by atoms with Crippen molar-refractivity contribution in [3.05, 3.63) is 34.2 Å². The quantitative estimate of drug-likeness (QED) is 0.174. The molecule has 0 saturated carbocycles. The monoisotopic (exact) mass is 463 g/mol. The normalized spacial score (nSPS) is 14.2. The van der Waals surface area contributed by atoms with Crippen LogP contribution in [0.5, 0.6) is 0 Å². The lowest BCUT2D eigenvalue weighted by Gasteiger charge is -2.12. The van der Waals surface area contributed by atoms with Gasteiger partial charge in [-0.25, -0.2) is 27.7 Å². The Bertz CT molecular complexity index is 917. The Hall–Kier alpha value is -2.09. The highest BCUT2D eigenvalue weighted by atomic mass is 79.9. The van der Waals surface area contributed by atoms with Crippen molar-refractivity contribution in [3.8, 4) is 0 Å². The Morgan fingerprint density at radius 1 is 1.44 bits per heavy atom. The third-order valence-electron chi connectivity index (χ3n) is 3.36. The Balaban J connectivity index is 2.09. The zero-order chi connectivity index (χ0) is 20.0. The maximum absolute atomic E-state index is 13.3. The van der Waals surface area contributed by atoms with Crippen molar-refractivity contribution in [2.24, 2.45) is 4.99 Å². The minimum Gasteiger partial charge on any atom is -0.364 e. The van der Waals surface area contributed by atoms with Crippen LogP contribution < -0.4 is 15.5 Å². The molecule has 27 heavy (non-hydrogen) atoms. The van der Waals surface area contributed by atoms with E-state index >= 15 is 0 Å². The van der Waals surface area contributed by atoms with E-state index in [-0.39, 0.29) is 40.2 Å². The maximum Gasteiger partial charge on any atom is 0.202 e. The van der Waals surface area contributed by atoms with E-state index < -0.39 is 15.7 Å². The molecule has 2 rings (SSSR count). The van der Waals surface area contributed by atoms with Crippen molar-refractivity contribution in [1.29, 1.82) is 4.78 Å². The number of rotatable bonds is 8. The van der Waals surface area contributed by atoms with E-state index in [1.54, 1.807) is 13.8 Å². The second-order valence-corrected chi connectivity index (χ2v) is 8.89. The molecule has 13 heteroatoms. The molecule has 5 N–H and O–H groups in total. The van der Waals surface area contributed by atoms with E-state index in [1.807, 2.05) is 5.48 Å². The molecule has 1 unspecified atom stereocenters. The van der Waals surface area contributed by atoms with E-state index in [1.165, 1.54) is 18.2 Å². The largest absolute Gasteiger partial charge is 0.364 e. The van der Waals surface area contributed by atoms with Crippen LogP contribution in [0.2, 0.25) is 0 Å². The number of hydroxylamine groups is 1. The Labute approximate surface area is 163 Å². The average Bonchev–Trinajstić information content (AvgIpc) is 3.08. The third kappa shape index (κ3) is 5.69. The first-order valence-electron chi connectivity index (χ1n) is 7.77. The predicted molar refractivity (Wildman–Crippen MR) is 102 cm³/mol. The number of halogens is 2. The Morgan fingerprint density at radius 3 is 2.81 bits per heavy atom. The Kier molecular flexibility index (Phi) is 7.24. The van der Waals surface area contributed by atoms with E-state index in [0.29, 0.717) is 5.69 Å². The summed E-state index contributed by atoms with van der Waals surface area (Å²) in [5, 5.41) is 19.3. The van der Waals surface area contributed by atoms with Gasteiger partial charge in [0.25, 0.3) is 0 Å². The van der Waals surface area contributed by atoms with Crippen molar-refractivity contribution in [2.75, 3.05) is 18.4 Å². The lowest BCUT2D eigenvalue weighted by Crippen LogP contribution is -2.33. The van der Waals surface area contributed by atoms with Gasteiger partial charge < -0.3 is 5.32 Å². The van der Waals surface area contributed by atoms with Crippen LogP contribution in [0.3, 0.4) is 0 Å². The average molecular weight is 464 g/mol. The minimum atomic E-state index is -2.88. The van der Waals surface area contributed by atoms with Gasteiger partial charge in [-0.1, -0.05) is 0 Å². The van der Waals surface area contributed by atoms with E-state index in [2.05, 4.69) is 45.9 Å². The lowest BCUT2D eigenvalue weighted by molar-refractivity contribution is 0.234. The number of nitrogens with zero attached hydrogens (tertiary/aromatic N) is 3. The molecule has 1 aromatic heterocycles. The number of aliphatic imine (C=N–C) groups is 1. The van der Waals surface area contributed by atoms with Crippen molar-refractivity contribution < 1.29 is 18.4 Å². The van der Waals surface area contributed by atoms with Gasteiger partial charge in [0.2, 0.25) is 5.82 Å². The van der Waals surface area contributed by atoms with Gasteiger partial charge >= 0.3 is 0 Å². The topological polar surface area (TPSA) is 149 Å². The molecule has 0 spiro atoms. The van der Waals surface area contributed by atoms with Gasteiger partial charge in [0, 0.05) is 13.1 Å². The molecule has 1 aromatic carbocycles. The molecule has 0 radical (unpaired) electrons. The highest BCUT2D eigenvalue weighted by Crippen LogP contribution is 2.23. The van der Waals surface area contributed by atoms with E-state index in [9.17, 15) is 13.8 Å². The highest BCUT2D eigenvalue weighted by Gasteiger charge is 2.17. The van der Waals surface area contributed by atoms with Crippen molar-refractivity contribution in [3.63, 3.8) is 0 Å². The SMILES string of the molecule is CC(C)S(=N)(=O)NCCNc1nonc1C(=Nc1ccc(F)c(Br)c1)NO.